The Hall–Kier alpha value is -1.10. The summed E-state index contributed by atoms with van der Waals surface area (Å²) < 4.78 is 11.5. The van der Waals surface area contributed by atoms with Gasteiger partial charge in [0.2, 0.25) is 0 Å². The number of aliphatic hydroxyl groups is 1. The average molecular weight is 294 g/mol. The maximum Gasteiger partial charge on any atom is 0.137 e. The van der Waals surface area contributed by atoms with Crippen molar-refractivity contribution in [2.45, 2.75) is 46.0 Å². The SMILES string of the molecule is Cc1ccc(OC[C@H](O)C[NH+]2C[C@@H](C)O[C@H](C)C2)c(C)c1. The van der Waals surface area contributed by atoms with Crippen LogP contribution in [0.4, 0.5) is 0 Å². The van der Waals surface area contributed by atoms with E-state index in [0.29, 0.717) is 13.2 Å². The molecule has 1 saturated heterocycles. The van der Waals surface area contributed by atoms with Crippen LogP contribution >= 0.6 is 0 Å². The minimum Gasteiger partial charge on any atom is -0.490 e. The van der Waals surface area contributed by atoms with Gasteiger partial charge >= 0.3 is 0 Å². The van der Waals surface area contributed by atoms with E-state index in [1.165, 1.54) is 10.5 Å². The molecule has 0 bridgehead atoms. The number of hydrogen-bond acceptors (Lipinski definition) is 3. The van der Waals surface area contributed by atoms with Gasteiger partial charge in [0.15, 0.2) is 0 Å². The van der Waals surface area contributed by atoms with Crippen LogP contribution in [-0.2, 0) is 4.74 Å². The molecule has 2 rings (SSSR count). The Labute approximate surface area is 127 Å². The topological polar surface area (TPSA) is 43.1 Å². The van der Waals surface area contributed by atoms with E-state index in [1.807, 2.05) is 19.1 Å². The summed E-state index contributed by atoms with van der Waals surface area (Å²) in [6.45, 7) is 11.2. The molecular formula is C17H28NO3+. The molecule has 3 atom stereocenters. The lowest BCUT2D eigenvalue weighted by molar-refractivity contribution is -0.918. The van der Waals surface area contributed by atoms with Gasteiger partial charge in [-0.2, -0.15) is 0 Å². The lowest BCUT2D eigenvalue weighted by atomic mass is 10.1. The number of aliphatic hydroxyl groups excluding tert-OH is 1. The number of benzene rings is 1. The average Bonchev–Trinajstić information content (AvgIpc) is 2.36. The van der Waals surface area contributed by atoms with Gasteiger partial charge < -0.3 is 19.5 Å². The quantitative estimate of drug-likeness (QED) is 0.842. The Bertz CT molecular complexity index is 453. The number of hydrogen-bond donors (Lipinski definition) is 2. The molecule has 4 nitrogen and oxygen atoms in total. The van der Waals surface area contributed by atoms with Gasteiger partial charge in [-0.25, -0.2) is 0 Å². The minimum atomic E-state index is -0.446. The number of quaternary nitrogens is 1. The molecule has 0 spiro atoms. The van der Waals surface area contributed by atoms with E-state index in [2.05, 4.69) is 26.8 Å². The fourth-order valence-electron chi connectivity index (χ4n) is 3.10. The van der Waals surface area contributed by atoms with Crippen molar-refractivity contribution in [3.63, 3.8) is 0 Å². The van der Waals surface area contributed by atoms with Gasteiger partial charge in [0.1, 0.15) is 50.3 Å². The molecule has 0 aromatic heterocycles. The van der Waals surface area contributed by atoms with E-state index in [0.717, 1.165) is 24.4 Å². The molecule has 0 radical (unpaired) electrons. The van der Waals surface area contributed by atoms with Crippen molar-refractivity contribution in [1.29, 1.82) is 0 Å². The van der Waals surface area contributed by atoms with Gasteiger partial charge in [0, 0.05) is 0 Å². The van der Waals surface area contributed by atoms with Crippen LogP contribution in [0.5, 0.6) is 5.75 Å². The number of ether oxygens (including phenoxy) is 2. The third-order valence-corrected chi connectivity index (χ3v) is 3.90. The van der Waals surface area contributed by atoms with E-state index in [1.54, 1.807) is 0 Å². The lowest BCUT2D eigenvalue weighted by Gasteiger charge is -2.33. The van der Waals surface area contributed by atoms with Crippen molar-refractivity contribution in [2.75, 3.05) is 26.2 Å². The second-order valence-electron chi connectivity index (χ2n) is 6.35. The number of morpholine rings is 1. The summed E-state index contributed by atoms with van der Waals surface area (Å²) in [6, 6.07) is 6.10. The summed E-state index contributed by atoms with van der Waals surface area (Å²) in [7, 11) is 0. The molecule has 0 amide bonds. The molecule has 1 fully saturated rings. The maximum absolute atomic E-state index is 10.2. The molecule has 1 aliphatic heterocycles. The van der Waals surface area contributed by atoms with Crippen LogP contribution in [0.25, 0.3) is 0 Å². The first-order chi connectivity index (χ1) is 9.94. The molecule has 0 saturated carbocycles. The van der Waals surface area contributed by atoms with Crippen LogP contribution < -0.4 is 9.64 Å². The van der Waals surface area contributed by atoms with Gasteiger partial charge in [-0.15, -0.1) is 0 Å². The molecular weight excluding hydrogens is 266 g/mol. The van der Waals surface area contributed by atoms with Crippen molar-refractivity contribution in [1.82, 2.24) is 0 Å². The Balaban J connectivity index is 1.80. The Morgan fingerprint density at radius 3 is 2.57 bits per heavy atom. The maximum atomic E-state index is 10.2. The van der Waals surface area contributed by atoms with Crippen molar-refractivity contribution >= 4 is 0 Å². The molecule has 0 unspecified atom stereocenters. The standard InChI is InChI=1S/C17H27NO3/c1-12-5-6-17(13(2)7-12)20-11-16(19)10-18-8-14(3)21-15(4)9-18/h5-7,14-16,19H,8-11H2,1-4H3/p+1/t14-,15-,16-/m1/s1. The lowest BCUT2D eigenvalue weighted by Crippen LogP contribution is -3.16. The highest BCUT2D eigenvalue weighted by Crippen LogP contribution is 2.18. The monoisotopic (exact) mass is 294 g/mol. The van der Waals surface area contributed by atoms with Crippen molar-refractivity contribution in [3.8, 4) is 5.75 Å². The first kappa shape index (κ1) is 16.3. The summed E-state index contributed by atoms with van der Waals surface area (Å²) in [6.07, 6.45) is 0.0747. The molecule has 0 aliphatic carbocycles. The molecule has 1 heterocycles. The first-order valence-electron chi connectivity index (χ1n) is 7.81. The van der Waals surface area contributed by atoms with Crippen LogP contribution in [0.15, 0.2) is 18.2 Å². The molecule has 4 heteroatoms. The predicted octanol–water partition coefficient (Wildman–Crippen LogP) is 0.735. The van der Waals surface area contributed by atoms with Crippen LogP contribution in [0.1, 0.15) is 25.0 Å². The van der Waals surface area contributed by atoms with Crippen molar-refractivity contribution in [2.24, 2.45) is 0 Å². The van der Waals surface area contributed by atoms with E-state index in [4.69, 9.17) is 9.47 Å². The Kier molecular flexibility index (Phi) is 5.62. The molecule has 1 aliphatic rings. The molecule has 21 heavy (non-hydrogen) atoms. The molecule has 1 aromatic carbocycles. The van der Waals surface area contributed by atoms with Gasteiger partial charge in [-0.3, -0.25) is 0 Å². The third kappa shape index (κ3) is 4.99. The first-order valence-corrected chi connectivity index (χ1v) is 7.81. The fourth-order valence-corrected chi connectivity index (χ4v) is 3.10. The molecule has 118 valence electrons. The summed E-state index contributed by atoms with van der Waals surface area (Å²) in [5.41, 5.74) is 2.34. The number of nitrogens with one attached hydrogen (secondary N) is 1. The van der Waals surface area contributed by atoms with Gasteiger partial charge in [0.25, 0.3) is 0 Å². The van der Waals surface area contributed by atoms with Crippen molar-refractivity contribution in [3.05, 3.63) is 29.3 Å². The second-order valence-corrected chi connectivity index (χ2v) is 6.35. The summed E-state index contributed by atoms with van der Waals surface area (Å²) in [4.78, 5) is 1.39. The second kappa shape index (κ2) is 7.25. The summed E-state index contributed by atoms with van der Waals surface area (Å²) >= 11 is 0. The Morgan fingerprint density at radius 1 is 1.29 bits per heavy atom. The summed E-state index contributed by atoms with van der Waals surface area (Å²) in [5, 5.41) is 10.2. The third-order valence-electron chi connectivity index (χ3n) is 3.90. The molecule has 1 aromatic rings. The van der Waals surface area contributed by atoms with Crippen molar-refractivity contribution < 1.29 is 19.5 Å². The van der Waals surface area contributed by atoms with E-state index in [-0.39, 0.29) is 12.2 Å². The van der Waals surface area contributed by atoms with Crippen LogP contribution in [0, 0.1) is 13.8 Å². The fraction of sp³-hybridized carbons (Fsp3) is 0.647. The highest BCUT2D eigenvalue weighted by molar-refractivity contribution is 5.35. The Morgan fingerprint density at radius 2 is 1.95 bits per heavy atom. The minimum absolute atomic E-state index is 0.260. The summed E-state index contributed by atoms with van der Waals surface area (Å²) in [5.74, 6) is 0.860. The van der Waals surface area contributed by atoms with E-state index >= 15 is 0 Å². The highest BCUT2D eigenvalue weighted by atomic mass is 16.5. The zero-order chi connectivity index (χ0) is 15.4. The van der Waals surface area contributed by atoms with Crippen LogP contribution in [-0.4, -0.2) is 49.7 Å². The van der Waals surface area contributed by atoms with Crippen LogP contribution in [0.3, 0.4) is 0 Å². The number of rotatable bonds is 5. The van der Waals surface area contributed by atoms with Gasteiger partial charge in [-0.05, 0) is 39.3 Å². The molecule has 2 N–H and O–H groups in total. The van der Waals surface area contributed by atoms with E-state index in [9.17, 15) is 5.11 Å². The highest BCUT2D eigenvalue weighted by Gasteiger charge is 2.27. The van der Waals surface area contributed by atoms with Gasteiger partial charge in [0.05, 0.1) is 0 Å². The number of aryl methyl sites for hydroxylation is 2. The zero-order valence-electron chi connectivity index (χ0n) is 13.6. The predicted molar refractivity (Wildman–Crippen MR) is 83.0 cm³/mol. The zero-order valence-corrected chi connectivity index (χ0v) is 13.6. The normalized spacial score (nSPS) is 27.4. The smallest absolute Gasteiger partial charge is 0.137 e. The van der Waals surface area contributed by atoms with Crippen LogP contribution in [0.2, 0.25) is 0 Å². The van der Waals surface area contributed by atoms with Gasteiger partial charge in [-0.1, -0.05) is 17.7 Å². The largest absolute Gasteiger partial charge is 0.490 e. The van der Waals surface area contributed by atoms with E-state index < -0.39 is 6.10 Å².